The lowest BCUT2D eigenvalue weighted by Gasteiger charge is -2.13. The number of hydrogen-bond donors (Lipinski definition) is 3. The lowest BCUT2D eigenvalue weighted by Crippen LogP contribution is -2.37. The molecule has 1 fully saturated rings. The zero-order valence-electron chi connectivity index (χ0n) is 15.0. The van der Waals surface area contributed by atoms with Gasteiger partial charge in [0, 0.05) is 31.1 Å². The molecular formula is C20H17N5O3. The molecule has 1 atom stereocenters. The molecule has 1 aliphatic heterocycles. The minimum Gasteiger partial charge on any atom is -0.479 e. The molecule has 1 aliphatic rings. The Morgan fingerprint density at radius 2 is 2.04 bits per heavy atom. The maximum absolute atomic E-state index is 12.0. The molecular weight excluding hydrogens is 358 g/mol. The number of fused-ring (bicyclic) bond motifs is 1. The van der Waals surface area contributed by atoms with Crippen LogP contribution in [0.4, 0.5) is 5.82 Å². The van der Waals surface area contributed by atoms with Gasteiger partial charge in [0.15, 0.2) is 5.82 Å². The number of anilines is 1. The number of aliphatic hydroxyl groups is 1. The molecule has 140 valence electrons. The summed E-state index contributed by atoms with van der Waals surface area (Å²) in [5.41, 5.74) is 7.08. The fourth-order valence-electron chi connectivity index (χ4n) is 3.09. The van der Waals surface area contributed by atoms with Crippen LogP contribution in [-0.2, 0) is 4.79 Å². The number of nitrogens with zero attached hydrogens (tertiary/aromatic N) is 4. The van der Waals surface area contributed by atoms with Gasteiger partial charge >= 0.3 is 6.01 Å². The minimum absolute atomic E-state index is 0.0892. The number of aromatic nitrogens is 3. The summed E-state index contributed by atoms with van der Waals surface area (Å²) in [4.78, 5) is 25.6. The van der Waals surface area contributed by atoms with E-state index in [0.29, 0.717) is 28.8 Å². The number of nitrogens with two attached hydrogens (primary N) is 1. The summed E-state index contributed by atoms with van der Waals surface area (Å²) in [7, 11) is 1.64. The van der Waals surface area contributed by atoms with Crippen molar-refractivity contribution < 1.29 is 15.0 Å². The average molecular weight is 375 g/mol. The van der Waals surface area contributed by atoms with E-state index in [1.165, 1.54) is 4.90 Å². The monoisotopic (exact) mass is 375 g/mol. The van der Waals surface area contributed by atoms with Crippen molar-refractivity contribution in [1.29, 1.82) is 0 Å². The molecule has 0 aliphatic carbocycles. The number of carbonyl (C=O) groups is 1. The average Bonchev–Trinajstić information content (AvgIpc) is 2.94. The van der Waals surface area contributed by atoms with Gasteiger partial charge in [0.2, 0.25) is 5.60 Å². The SMILES string of the molecule is CN1CCC(O)(C#Cc2cccc(-c3ccc4nc(O)nc(N)c4n3)c2)C1=O. The topological polar surface area (TPSA) is 125 Å². The van der Waals surface area contributed by atoms with Crippen molar-refractivity contribution in [3.8, 4) is 29.1 Å². The Morgan fingerprint density at radius 1 is 1.21 bits per heavy atom. The molecule has 0 radical (unpaired) electrons. The molecule has 0 bridgehead atoms. The molecule has 1 saturated heterocycles. The standard InChI is InChI=1S/C20H17N5O3/c1-25-10-9-20(28,18(25)26)8-7-12-3-2-4-13(11-12)14-5-6-15-16(22-14)17(21)24-19(27)23-15/h2-6,11,28H,9-10H2,1H3,(H3,21,23,24,27). The summed E-state index contributed by atoms with van der Waals surface area (Å²) in [6, 6.07) is 10.3. The van der Waals surface area contributed by atoms with Crippen LogP contribution >= 0.6 is 0 Å². The highest BCUT2D eigenvalue weighted by Crippen LogP contribution is 2.25. The Bertz CT molecular complexity index is 1170. The van der Waals surface area contributed by atoms with Crippen molar-refractivity contribution in [3.63, 3.8) is 0 Å². The second kappa shape index (κ2) is 6.48. The molecule has 4 N–H and O–H groups in total. The summed E-state index contributed by atoms with van der Waals surface area (Å²) in [6.45, 7) is 0.476. The van der Waals surface area contributed by atoms with Gasteiger partial charge in [-0.2, -0.15) is 9.97 Å². The number of pyridine rings is 1. The van der Waals surface area contributed by atoms with Crippen LogP contribution in [0.2, 0.25) is 0 Å². The molecule has 1 amide bonds. The molecule has 3 heterocycles. The van der Waals surface area contributed by atoms with E-state index in [1.807, 2.05) is 18.2 Å². The van der Waals surface area contributed by atoms with Crippen LogP contribution in [-0.4, -0.2) is 55.2 Å². The second-order valence-corrected chi connectivity index (χ2v) is 6.64. The smallest absolute Gasteiger partial charge is 0.316 e. The summed E-state index contributed by atoms with van der Waals surface area (Å²) in [5.74, 6) is 5.30. The third kappa shape index (κ3) is 3.08. The largest absolute Gasteiger partial charge is 0.479 e. The number of benzene rings is 1. The van der Waals surface area contributed by atoms with E-state index in [1.54, 1.807) is 25.2 Å². The Morgan fingerprint density at radius 3 is 2.79 bits per heavy atom. The van der Waals surface area contributed by atoms with Crippen LogP contribution in [0.1, 0.15) is 12.0 Å². The van der Waals surface area contributed by atoms with E-state index in [0.717, 1.165) is 5.56 Å². The predicted molar refractivity (Wildman–Crippen MR) is 103 cm³/mol. The number of nitrogen functional groups attached to an aromatic ring is 1. The van der Waals surface area contributed by atoms with E-state index in [-0.39, 0.29) is 18.1 Å². The summed E-state index contributed by atoms with van der Waals surface area (Å²) < 4.78 is 0. The molecule has 28 heavy (non-hydrogen) atoms. The first kappa shape index (κ1) is 17.7. The predicted octanol–water partition coefficient (Wildman–Crippen LogP) is 0.924. The normalized spacial score (nSPS) is 18.9. The number of carbonyl (C=O) groups excluding carboxylic acids is 1. The van der Waals surface area contributed by atoms with Crippen LogP contribution in [0.25, 0.3) is 22.3 Å². The van der Waals surface area contributed by atoms with Crippen LogP contribution in [0.15, 0.2) is 36.4 Å². The highest BCUT2D eigenvalue weighted by atomic mass is 16.3. The van der Waals surface area contributed by atoms with Gasteiger partial charge in [-0.25, -0.2) is 4.98 Å². The number of aromatic hydroxyl groups is 1. The molecule has 3 aromatic rings. The summed E-state index contributed by atoms with van der Waals surface area (Å²) in [5, 5.41) is 19.9. The Labute approximate surface area is 160 Å². The first-order valence-electron chi connectivity index (χ1n) is 8.60. The molecule has 8 heteroatoms. The first-order valence-corrected chi connectivity index (χ1v) is 8.60. The van der Waals surface area contributed by atoms with E-state index in [2.05, 4.69) is 26.8 Å². The number of likely N-dealkylation sites (N-methyl/N-ethyl adjacent to an activating group) is 1. The van der Waals surface area contributed by atoms with Gasteiger partial charge in [0.1, 0.15) is 5.52 Å². The summed E-state index contributed by atoms with van der Waals surface area (Å²) >= 11 is 0. The van der Waals surface area contributed by atoms with Crippen molar-refractivity contribution in [2.45, 2.75) is 12.0 Å². The molecule has 2 aromatic heterocycles. The zero-order valence-corrected chi connectivity index (χ0v) is 15.0. The van der Waals surface area contributed by atoms with Crippen molar-refractivity contribution in [3.05, 3.63) is 42.0 Å². The lowest BCUT2D eigenvalue weighted by atomic mass is 10.0. The van der Waals surface area contributed by atoms with Gasteiger partial charge in [0.05, 0.1) is 11.2 Å². The van der Waals surface area contributed by atoms with E-state index >= 15 is 0 Å². The maximum Gasteiger partial charge on any atom is 0.316 e. The third-order valence-corrected chi connectivity index (χ3v) is 4.64. The highest BCUT2D eigenvalue weighted by molar-refractivity contribution is 5.90. The van der Waals surface area contributed by atoms with Gasteiger partial charge in [0.25, 0.3) is 5.91 Å². The quantitative estimate of drug-likeness (QED) is 0.540. The van der Waals surface area contributed by atoms with Crippen LogP contribution in [0.3, 0.4) is 0 Å². The Hall–Kier alpha value is -3.70. The maximum atomic E-state index is 12.0. The molecule has 4 rings (SSSR count). The van der Waals surface area contributed by atoms with Crippen molar-refractivity contribution in [1.82, 2.24) is 19.9 Å². The summed E-state index contributed by atoms with van der Waals surface area (Å²) in [6.07, 6.45) is 0.285. The van der Waals surface area contributed by atoms with Gasteiger partial charge < -0.3 is 20.8 Å². The van der Waals surface area contributed by atoms with Crippen molar-refractivity contribution >= 4 is 22.8 Å². The van der Waals surface area contributed by atoms with Crippen LogP contribution in [0.5, 0.6) is 6.01 Å². The molecule has 0 spiro atoms. The molecule has 1 unspecified atom stereocenters. The van der Waals surface area contributed by atoms with Crippen molar-refractivity contribution in [2.24, 2.45) is 0 Å². The van der Waals surface area contributed by atoms with E-state index in [4.69, 9.17) is 5.73 Å². The van der Waals surface area contributed by atoms with Crippen molar-refractivity contribution in [2.75, 3.05) is 19.3 Å². The lowest BCUT2D eigenvalue weighted by molar-refractivity contribution is -0.137. The van der Waals surface area contributed by atoms with Gasteiger partial charge in [-0.15, -0.1) is 0 Å². The van der Waals surface area contributed by atoms with Gasteiger partial charge in [-0.3, -0.25) is 4.79 Å². The molecule has 1 aromatic carbocycles. The Kier molecular flexibility index (Phi) is 4.09. The highest BCUT2D eigenvalue weighted by Gasteiger charge is 2.42. The molecule has 8 nitrogen and oxygen atoms in total. The molecule has 0 saturated carbocycles. The second-order valence-electron chi connectivity index (χ2n) is 6.64. The van der Waals surface area contributed by atoms with Gasteiger partial charge in [-0.05, 0) is 24.3 Å². The van der Waals surface area contributed by atoms with Crippen LogP contribution < -0.4 is 5.73 Å². The minimum atomic E-state index is -1.64. The Balaban J connectivity index is 1.70. The zero-order chi connectivity index (χ0) is 19.9. The fraction of sp³-hybridized carbons (Fsp3) is 0.200. The third-order valence-electron chi connectivity index (χ3n) is 4.64. The fourth-order valence-corrected chi connectivity index (χ4v) is 3.09. The number of amides is 1. The number of hydrogen-bond acceptors (Lipinski definition) is 7. The number of likely N-dealkylation sites (tertiary alicyclic amines) is 1. The van der Waals surface area contributed by atoms with Gasteiger partial charge in [-0.1, -0.05) is 24.0 Å². The van der Waals surface area contributed by atoms with E-state index in [9.17, 15) is 15.0 Å². The number of rotatable bonds is 1. The van der Waals surface area contributed by atoms with E-state index < -0.39 is 11.6 Å². The first-order chi connectivity index (χ1) is 13.4. The van der Waals surface area contributed by atoms with Crippen LogP contribution in [0, 0.1) is 11.8 Å².